The Morgan fingerprint density at radius 2 is 1.53 bits per heavy atom. The first-order valence-corrected chi connectivity index (χ1v) is 13.2. The van der Waals surface area contributed by atoms with Crippen LogP contribution in [0, 0.1) is 0 Å². The van der Waals surface area contributed by atoms with Crippen LogP contribution in [-0.4, -0.2) is 37.9 Å². The maximum Gasteiger partial charge on any atom is 0.249 e. The zero-order valence-electron chi connectivity index (χ0n) is 21.5. The summed E-state index contributed by atoms with van der Waals surface area (Å²) in [5, 5.41) is 5.74. The topological polar surface area (TPSA) is 75.4 Å². The van der Waals surface area contributed by atoms with Crippen molar-refractivity contribution in [1.82, 2.24) is 5.32 Å². The van der Waals surface area contributed by atoms with Gasteiger partial charge >= 0.3 is 0 Å². The third-order valence-electron chi connectivity index (χ3n) is 7.76. The number of hydrogen-bond donors (Lipinski definition) is 2. The van der Waals surface area contributed by atoms with Crippen LogP contribution in [0.3, 0.4) is 0 Å². The lowest BCUT2D eigenvalue weighted by Crippen LogP contribution is -2.44. The van der Waals surface area contributed by atoms with Gasteiger partial charge in [-0.2, -0.15) is 0 Å². The van der Waals surface area contributed by atoms with Gasteiger partial charge in [0.05, 0.1) is 5.56 Å². The Hall–Kier alpha value is -3.67. The number of benzene rings is 4. The number of unbranched alkanes of at least 4 members (excludes halogenated alkanes) is 1. The minimum absolute atomic E-state index is 0. The van der Waals surface area contributed by atoms with Crippen LogP contribution in [0.25, 0.3) is 33.0 Å². The molecule has 5 nitrogen and oxygen atoms in total. The van der Waals surface area contributed by atoms with Gasteiger partial charge in [0.25, 0.3) is 0 Å². The third kappa shape index (κ3) is 4.07. The monoisotopic (exact) mass is 525 g/mol. The highest BCUT2D eigenvalue weighted by Crippen LogP contribution is 2.52. The Bertz CT molecular complexity index is 1550. The van der Waals surface area contributed by atoms with E-state index >= 15 is 0 Å². The number of halogens is 1. The molecule has 1 heterocycles. The van der Waals surface area contributed by atoms with Crippen molar-refractivity contribution in [2.45, 2.75) is 26.2 Å². The van der Waals surface area contributed by atoms with E-state index in [0.29, 0.717) is 23.1 Å². The van der Waals surface area contributed by atoms with Crippen molar-refractivity contribution in [3.63, 3.8) is 0 Å². The van der Waals surface area contributed by atoms with Crippen LogP contribution in [0.2, 0.25) is 0 Å². The second-order valence-electron chi connectivity index (χ2n) is 9.93. The molecule has 0 unspecified atom stereocenters. The average molecular weight is 526 g/mol. The van der Waals surface area contributed by atoms with Gasteiger partial charge in [-0.15, -0.1) is 12.4 Å². The number of rotatable bonds is 6. The number of nitrogens with zero attached hydrogens (tertiary/aromatic N) is 1. The number of amides is 1. The summed E-state index contributed by atoms with van der Waals surface area (Å²) >= 11 is 0. The quantitative estimate of drug-likeness (QED) is 0.285. The molecule has 0 aromatic heterocycles. The van der Waals surface area contributed by atoms with Gasteiger partial charge in [-0.25, -0.2) is 0 Å². The number of anilines is 1. The Balaban J connectivity index is 0.00000294. The van der Waals surface area contributed by atoms with Crippen molar-refractivity contribution in [3.05, 3.63) is 89.0 Å². The molecule has 0 spiro atoms. The van der Waals surface area contributed by atoms with Crippen LogP contribution in [0.5, 0.6) is 0 Å². The summed E-state index contributed by atoms with van der Waals surface area (Å²) in [5.41, 5.74) is 13.5. The van der Waals surface area contributed by atoms with Crippen LogP contribution in [0.1, 0.15) is 51.6 Å². The van der Waals surface area contributed by atoms with Crippen molar-refractivity contribution in [2.75, 3.05) is 31.1 Å². The molecule has 1 aliphatic heterocycles. The Morgan fingerprint density at radius 3 is 2.26 bits per heavy atom. The first kappa shape index (κ1) is 26.0. The summed E-state index contributed by atoms with van der Waals surface area (Å²) in [4.78, 5) is 29.5. The molecule has 1 amide bonds. The number of hydrogen-bond acceptors (Lipinski definition) is 4. The molecule has 38 heavy (non-hydrogen) atoms. The standard InChI is InChI=1S/C32H31N3O2.ClH/c1-2-3-11-25-28(32(33)37)29-26(23-13-6-7-14-24(23)31(29)36)27(30(25)35-18-16-34-17-19-35)22-15-8-10-20-9-4-5-12-21(20)22;/h4-10,12-15,34H,2-3,11,16-19H2,1H3,(H2,33,37);1H. The predicted molar refractivity (Wildman–Crippen MR) is 158 cm³/mol. The zero-order chi connectivity index (χ0) is 25.5. The molecule has 0 radical (unpaired) electrons. The van der Waals surface area contributed by atoms with E-state index in [0.717, 1.165) is 83.3 Å². The molecule has 6 rings (SSSR count). The molecule has 4 aromatic carbocycles. The van der Waals surface area contributed by atoms with Crippen LogP contribution in [0.4, 0.5) is 5.69 Å². The molecular weight excluding hydrogens is 494 g/mol. The Labute approximate surface area is 229 Å². The smallest absolute Gasteiger partial charge is 0.249 e. The summed E-state index contributed by atoms with van der Waals surface area (Å²) in [5.74, 6) is -0.630. The minimum Gasteiger partial charge on any atom is -0.368 e. The fraction of sp³-hybridized carbons (Fsp3) is 0.250. The van der Waals surface area contributed by atoms with Crippen molar-refractivity contribution < 1.29 is 9.59 Å². The van der Waals surface area contributed by atoms with E-state index in [4.69, 9.17) is 5.73 Å². The fourth-order valence-corrected chi connectivity index (χ4v) is 6.13. The lowest BCUT2D eigenvalue weighted by Gasteiger charge is -2.35. The van der Waals surface area contributed by atoms with Crippen LogP contribution in [0.15, 0.2) is 66.7 Å². The molecule has 1 fully saturated rings. The van der Waals surface area contributed by atoms with Crippen LogP contribution in [-0.2, 0) is 6.42 Å². The molecule has 1 aliphatic carbocycles. The first-order valence-electron chi connectivity index (χ1n) is 13.2. The normalized spacial score (nSPS) is 14.2. The predicted octanol–water partition coefficient (Wildman–Crippen LogP) is 5.99. The number of piperazine rings is 1. The van der Waals surface area contributed by atoms with E-state index in [-0.39, 0.29) is 18.2 Å². The average Bonchev–Trinajstić information content (AvgIpc) is 3.23. The van der Waals surface area contributed by atoms with E-state index < -0.39 is 5.91 Å². The molecule has 0 atom stereocenters. The number of carbonyl (C=O) groups excluding carboxylic acids is 2. The molecule has 4 aromatic rings. The van der Waals surface area contributed by atoms with E-state index in [1.807, 2.05) is 24.3 Å². The summed E-state index contributed by atoms with van der Waals surface area (Å²) < 4.78 is 0. The van der Waals surface area contributed by atoms with Gasteiger partial charge in [-0.3, -0.25) is 9.59 Å². The van der Waals surface area contributed by atoms with Gasteiger partial charge in [0, 0.05) is 54.1 Å². The van der Waals surface area contributed by atoms with Gasteiger partial charge in [-0.1, -0.05) is 80.1 Å². The van der Waals surface area contributed by atoms with Crippen molar-refractivity contribution in [1.29, 1.82) is 0 Å². The van der Waals surface area contributed by atoms with E-state index in [1.54, 1.807) is 0 Å². The van der Waals surface area contributed by atoms with Gasteiger partial charge in [0.1, 0.15) is 0 Å². The number of primary amides is 1. The van der Waals surface area contributed by atoms with Crippen LogP contribution >= 0.6 is 12.4 Å². The van der Waals surface area contributed by atoms with Gasteiger partial charge in [-0.05, 0) is 40.3 Å². The second kappa shape index (κ2) is 10.6. The lowest BCUT2D eigenvalue weighted by atomic mass is 9.82. The van der Waals surface area contributed by atoms with E-state index in [1.165, 1.54) is 0 Å². The zero-order valence-corrected chi connectivity index (χ0v) is 22.4. The number of ketones is 1. The molecule has 1 saturated heterocycles. The SMILES string of the molecule is CCCCc1c(C(N)=O)c2c(c(-c3cccc4ccccc34)c1N1CCNCC1)-c1ccccc1C2=O.Cl. The minimum atomic E-state index is -0.524. The molecular formula is C32H32ClN3O2. The highest BCUT2D eigenvalue weighted by atomic mass is 35.5. The summed E-state index contributed by atoms with van der Waals surface area (Å²) in [7, 11) is 0. The lowest BCUT2D eigenvalue weighted by molar-refractivity contribution is 0.0982. The number of carbonyl (C=O) groups is 2. The first-order chi connectivity index (χ1) is 18.1. The van der Waals surface area contributed by atoms with Gasteiger partial charge in [0.2, 0.25) is 5.91 Å². The van der Waals surface area contributed by atoms with Gasteiger partial charge < -0.3 is 16.0 Å². The van der Waals surface area contributed by atoms with Crippen molar-refractivity contribution in [2.24, 2.45) is 5.73 Å². The largest absolute Gasteiger partial charge is 0.368 e. The third-order valence-corrected chi connectivity index (χ3v) is 7.76. The van der Waals surface area contributed by atoms with Crippen LogP contribution < -0.4 is 16.0 Å². The van der Waals surface area contributed by atoms with Gasteiger partial charge in [0.15, 0.2) is 5.78 Å². The Kier molecular flexibility index (Phi) is 7.24. The Morgan fingerprint density at radius 1 is 0.868 bits per heavy atom. The highest BCUT2D eigenvalue weighted by molar-refractivity contribution is 6.29. The molecule has 3 N–H and O–H groups in total. The summed E-state index contributed by atoms with van der Waals surface area (Å²) in [6.07, 6.45) is 2.59. The number of nitrogens with one attached hydrogen (secondary N) is 1. The maximum absolute atomic E-state index is 13.9. The van der Waals surface area contributed by atoms with E-state index in [2.05, 4.69) is 59.6 Å². The maximum atomic E-state index is 13.9. The molecule has 6 heteroatoms. The molecule has 0 bridgehead atoms. The summed E-state index contributed by atoms with van der Waals surface area (Å²) in [6.45, 7) is 5.52. The van der Waals surface area contributed by atoms with Crippen molar-refractivity contribution in [3.8, 4) is 22.3 Å². The fourth-order valence-electron chi connectivity index (χ4n) is 6.13. The van der Waals surface area contributed by atoms with Crippen molar-refractivity contribution >= 4 is 40.6 Å². The molecule has 194 valence electrons. The second-order valence-corrected chi connectivity index (χ2v) is 9.93. The van der Waals surface area contributed by atoms with E-state index in [9.17, 15) is 9.59 Å². The summed E-state index contributed by atoms with van der Waals surface area (Å²) in [6, 6.07) is 22.5. The number of nitrogens with two attached hydrogens (primary N) is 1. The molecule has 2 aliphatic rings. The highest BCUT2D eigenvalue weighted by Gasteiger charge is 2.38. The number of fused-ring (bicyclic) bond motifs is 4. The molecule has 0 saturated carbocycles.